The van der Waals surface area contributed by atoms with Crippen LogP contribution in [0.3, 0.4) is 0 Å². The Hall–Kier alpha value is -2.40. The number of hydrogen-bond donors (Lipinski definition) is 1. The molecule has 1 aliphatic heterocycles. The Labute approximate surface area is 147 Å². The topological polar surface area (TPSA) is 66.8 Å². The fourth-order valence-corrected chi connectivity index (χ4v) is 3.08. The first-order chi connectivity index (χ1) is 12.1. The normalized spacial score (nSPS) is 14.5. The third kappa shape index (κ3) is 4.57. The summed E-state index contributed by atoms with van der Waals surface area (Å²) < 4.78 is 5.94. The number of carbonyl (C=O) groups is 2. The number of likely N-dealkylation sites (tertiary alicyclic amines) is 1. The number of carboxylic acids is 1. The van der Waals surface area contributed by atoms with Crippen LogP contribution in [0.25, 0.3) is 10.8 Å². The number of ether oxygens (including phenoxy) is 1. The van der Waals surface area contributed by atoms with Gasteiger partial charge in [0.05, 0.1) is 12.7 Å². The van der Waals surface area contributed by atoms with Gasteiger partial charge in [0, 0.05) is 25.9 Å². The Kier molecular flexibility index (Phi) is 5.66. The van der Waals surface area contributed by atoms with Crippen molar-refractivity contribution in [2.75, 3.05) is 13.1 Å². The molecule has 0 radical (unpaired) electrons. The van der Waals surface area contributed by atoms with E-state index in [2.05, 4.69) is 24.3 Å². The number of nitrogens with zero attached hydrogens (tertiary/aromatic N) is 1. The van der Waals surface area contributed by atoms with E-state index in [4.69, 9.17) is 9.84 Å². The first kappa shape index (κ1) is 17.4. The van der Waals surface area contributed by atoms with Gasteiger partial charge < -0.3 is 14.7 Å². The van der Waals surface area contributed by atoms with E-state index in [1.165, 1.54) is 10.8 Å². The van der Waals surface area contributed by atoms with Crippen LogP contribution >= 0.6 is 0 Å². The molecule has 3 rings (SSSR count). The molecule has 1 N–H and O–H groups in total. The zero-order valence-electron chi connectivity index (χ0n) is 14.2. The summed E-state index contributed by atoms with van der Waals surface area (Å²) in [4.78, 5) is 24.2. The zero-order valence-corrected chi connectivity index (χ0v) is 14.2. The molecule has 132 valence electrons. The maximum Gasteiger partial charge on any atom is 0.303 e. The van der Waals surface area contributed by atoms with Crippen LogP contribution in [0.1, 0.15) is 31.2 Å². The number of fused-ring (bicyclic) bond motifs is 1. The smallest absolute Gasteiger partial charge is 0.303 e. The number of carboxylic acid groups (broad SMARTS) is 1. The molecule has 5 nitrogen and oxygen atoms in total. The molecule has 1 amide bonds. The summed E-state index contributed by atoms with van der Waals surface area (Å²) in [5, 5.41) is 11.0. The Bertz CT molecular complexity index is 747. The quantitative estimate of drug-likeness (QED) is 0.749. The summed E-state index contributed by atoms with van der Waals surface area (Å²) >= 11 is 0. The molecule has 2 aromatic rings. The predicted molar refractivity (Wildman–Crippen MR) is 95.2 cm³/mol. The molecule has 0 aromatic heterocycles. The third-order valence-electron chi connectivity index (χ3n) is 4.59. The Morgan fingerprint density at radius 2 is 1.76 bits per heavy atom. The average molecular weight is 341 g/mol. The largest absolute Gasteiger partial charge is 0.481 e. The highest BCUT2D eigenvalue weighted by Gasteiger charge is 2.30. The van der Waals surface area contributed by atoms with E-state index < -0.39 is 5.97 Å². The summed E-state index contributed by atoms with van der Waals surface area (Å²) in [6.45, 7) is 1.80. The molecule has 0 aliphatic carbocycles. The molecule has 0 bridgehead atoms. The number of benzene rings is 2. The molecular weight excluding hydrogens is 318 g/mol. The van der Waals surface area contributed by atoms with Crippen LogP contribution in [0.2, 0.25) is 0 Å². The number of aliphatic carboxylic acids is 1. The van der Waals surface area contributed by atoms with Crippen molar-refractivity contribution in [2.24, 2.45) is 0 Å². The van der Waals surface area contributed by atoms with E-state index in [9.17, 15) is 9.59 Å². The molecule has 2 aromatic carbocycles. The van der Waals surface area contributed by atoms with Crippen molar-refractivity contribution in [2.45, 2.75) is 38.4 Å². The monoisotopic (exact) mass is 341 g/mol. The van der Waals surface area contributed by atoms with Crippen molar-refractivity contribution >= 4 is 22.6 Å². The summed E-state index contributed by atoms with van der Waals surface area (Å²) in [5.74, 6) is -0.714. The van der Waals surface area contributed by atoms with E-state index in [-0.39, 0.29) is 18.4 Å². The van der Waals surface area contributed by atoms with E-state index in [1.807, 2.05) is 18.2 Å². The van der Waals surface area contributed by atoms with E-state index in [1.54, 1.807) is 4.90 Å². The van der Waals surface area contributed by atoms with Gasteiger partial charge in [-0.25, -0.2) is 0 Å². The molecule has 0 unspecified atom stereocenters. The average Bonchev–Trinajstić information content (AvgIpc) is 2.57. The molecule has 0 saturated carbocycles. The van der Waals surface area contributed by atoms with Gasteiger partial charge in [-0.2, -0.15) is 0 Å². The van der Waals surface area contributed by atoms with Crippen LogP contribution in [-0.4, -0.2) is 41.1 Å². The highest BCUT2D eigenvalue weighted by atomic mass is 16.5. The molecule has 1 fully saturated rings. The molecule has 1 heterocycles. The Balaban J connectivity index is 1.40. The molecule has 1 saturated heterocycles. The number of rotatable bonds is 8. The lowest BCUT2D eigenvalue weighted by Crippen LogP contribution is -2.54. The molecule has 0 atom stereocenters. The van der Waals surface area contributed by atoms with Gasteiger partial charge in [-0.05, 0) is 29.2 Å². The first-order valence-electron chi connectivity index (χ1n) is 8.71. The number of hydrogen-bond acceptors (Lipinski definition) is 3. The second-order valence-electron chi connectivity index (χ2n) is 6.47. The molecule has 1 aliphatic rings. The van der Waals surface area contributed by atoms with Gasteiger partial charge in [0.25, 0.3) is 0 Å². The summed E-state index contributed by atoms with van der Waals surface area (Å²) in [6.07, 6.45) is 1.81. The highest BCUT2D eigenvalue weighted by Crippen LogP contribution is 2.21. The Morgan fingerprint density at radius 1 is 1.04 bits per heavy atom. The zero-order chi connectivity index (χ0) is 17.6. The second kappa shape index (κ2) is 8.12. The van der Waals surface area contributed by atoms with Gasteiger partial charge >= 0.3 is 5.97 Å². The van der Waals surface area contributed by atoms with Crippen molar-refractivity contribution in [3.63, 3.8) is 0 Å². The van der Waals surface area contributed by atoms with Crippen LogP contribution in [-0.2, 0) is 20.9 Å². The molecular formula is C20H23NO4. The maximum atomic E-state index is 12.0. The lowest BCUT2D eigenvalue weighted by molar-refractivity contribution is -0.146. The minimum atomic E-state index is -0.807. The second-order valence-corrected chi connectivity index (χ2v) is 6.47. The lowest BCUT2D eigenvalue weighted by Gasteiger charge is -2.39. The van der Waals surface area contributed by atoms with Gasteiger partial charge in [0.15, 0.2) is 0 Å². The summed E-state index contributed by atoms with van der Waals surface area (Å²) in [7, 11) is 0. The van der Waals surface area contributed by atoms with Crippen molar-refractivity contribution in [1.82, 2.24) is 4.90 Å². The summed E-state index contributed by atoms with van der Waals surface area (Å²) in [6, 6.07) is 14.4. The van der Waals surface area contributed by atoms with Crippen molar-refractivity contribution in [3.05, 3.63) is 48.0 Å². The van der Waals surface area contributed by atoms with E-state index >= 15 is 0 Å². The summed E-state index contributed by atoms with van der Waals surface area (Å²) in [5.41, 5.74) is 1.16. The van der Waals surface area contributed by atoms with Gasteiger partial charge in [-0.1, -0.05) is 42.5 Å². The minimum Gasteiger partial charge on any atom is -0.481 e. The van der Waals surface area contributed by atoms with Crippen molar-refractivity contribution in [1.29, 1.82) is 0 Å². The fraction of sp³-hybridized carbons (Fsp3) is 0.400. The SMILES string of the molecule is O=C(O)CCCCC(=O)N1CC(OCc2cccc3ccccc23)C1. The first-order valence-corrected chi connectivity index (χ1v) is 8.71. The van der Waals surface area contributed by atoms with Crippen LogP contribution < -0.4 is 0 Å². The van der Waals surface area contributed by atoms with Crippen molar-refractivity contribution < 1.29 is 19.4 Å². The third-order valence-corrected chi connectivity index (χ3v) is 4.59. The number of amides is 1. The van der Waals surface area contributed by atoms with Crippen LogP contribution in [0.4, 0.5) is 0 Å². The van der Waals surface area contributed by atoms with Gasteiger partial charge in [0.1, 0.15) is 0 Å². The molecule has 5 heteroatoms. The molecule has 25 heavy (non-hydrogen) atoms. The molecule has 0 spiro atoms. The van der Waals surface area contributed by atoms with Gasteiger partial charge in [-0.3, -0.25) is 9.59 Å². The highest BCUT2D eigenvalue weighted by molar-refractivity contribution is 5.85. The predicted octanol–water partition coefficient (Wildman–Crippen LogP) is 3.21. The van der Waals surface area contributed by atoms with Crippen LogP contribution in [0, 0.1) is 0 Å². The van der Waals surface area contributed by atoms with Crippen LogP contribution in [0.5, 0.6) is 0 Å². The maximum absolute atomic E-state index is 12.0. The van der Waals surface area contributed by atoms with Gasteiger partial charge in [0.2, 0.25) is 5.91 Å². The minimum absolute atomic E-state index is 0.0851. The number of carbonyl (C=O) groups excluding carboxylic acids is 1. The van der Waals surface area contributed by atoms with Crippen LogP contribution in [0.15, 0.2) is 42.5 Å². The number of unbranched alkanes of at least 4 members (excludes halogenated alkanes) is 1. The van der Waals surface area contributed by atoms with Crippen molar-refractivity contribution in [3.8, 4) is 0 Å². The van der Waals surface area contributed by atoms with E-state index in [0.29, 0.717) is 39.0 Å². The van der Waals surface area contributed by atoms with E-state index in [0.717, 1.165) is 5.56 Å². The van der Waals surface area contributed by atoms with Gasteiger partial charge in [-0.15, -0.1) is 0 Å². The lowest BCUT2D eigenvalue weighted by atomic mass is 10.0. The standard InChI is InChI=1S/C20H23NO4/c22-19(10-3-4-11-20(23)24)21-12-17(13-21)25-14-16-8-5-7-15-6-1-2-9-18(15)16/h1-2,5-9,17H,3-4,10-14H2,(H,23,24). The fourth-order valence-electron chi connectivity index (χ4n) is 3.08. The Morgan fingerprint density at radius 3 is 2.56 bits per heavy atom.